The highest BCUT2D eigenvalue weighted by molar-refractivity contribution is 7.80. The second-order valence-corrected chi connectivity index (χ2v) is 6.83. The highest BCUT2D eigenvalue weighted by atomic mass is 32.1. The fourth-order valence-corrected chi connectivity index (χ4v) is 3.60. The number of rotatable bonds is 2. The van der Waals surface area contributed by atoms with Gasteiger partial charge in [0.05, 0.1) is 24.9 Å². The number of esters is 1. The summed E-state index contributed by atoms with van der Waals surface area (Å²) in [6.45, 7) is 7.49. The van der Waals surface area contributed by atoms with E-state index in [-0.39, 0.29) is 18.2 Å². The van der Waals surface area contributed by atoms with E-state index < -0.39 is 0 Å². The maximum atomic E-state index is 11.8. The van der Waals surface area contributed by atoms with Crippen LogP contribution in [0.1, 0.15) is 29.1 Å². The smallest absolute Gasteiger partial charge is 0.340 e. The topological polar surface area (TPSA) is 50.8 Å². The summed E-state index contributed by atoms with van der Waals surface area (Å²) in [5.41, 5.74) is 0.525. The number of hydrogen-bond donors (Lipinski definition) is 1. The summed E-state index contributed by atoms with van der Waals surface area (Å²) < 4.78 is 10.5. The molecule has 0 saturated carbocycles. The van der Waals surface area contributed by atoms with Gasteiger partial charge in [-0.3, -0.25) is 0 Å². The van der Waals surface area contributed by atoms with Crippen LogP contribution in [0.25, 0.3) is 0 Å². The number of aryl methyl sites for hydroxylation is 1. The average molecular weight is 328 g/mol. The Morgan fingerprint density at radius 1 is 1.48 bits per heavy atom. The molecule has 0 aliphatic carbocycles. The highest BCUT2D eigenvalue weighted by Crippen LogP contribution is 2.28. The Hall–Kier alpha value is -1.18. The summed E-state index contributed by atoms with van der Waals surface area (Å²) in [5, 5.41) is 4.52. The van der Waals surface area contributed by atoms with Crippen molar-refractivity contribution >= 4 is 39.6 Å². The van der Waals surface area contributed by atoms with Gasteiger partial charge in [-0.1, -0.05) is 0 Å². The van der Waals surface area contributed by atoms with Crippen molar-refractivity contribution in [1.29, 1.82) is 0 Å². The summed E-state index contributed by atoms with van der Waals surface area (Å²) in [7, 11) is 1.38. The minimum atomic E-state index is -0.353. The molecule has 0 unspecified atom stereocenters. The first kappa shape index (κ1) is 16.2. The lowest BCUT2D eigenvalue weighted by molar-refractivity contribution is -0.0473. The summed E-state index contributed by atoms with van der Waals surface area (Å²) in [5.74, 6) is -0.353. The van der Waals surface area contributed by atoms with Crippen molar-refractivity contribution in [3.8, 4) is 0 Å². The number of hydrogen-bond acceptors (Lipinski definition) is 5. The molecule has 1 saturated heterocycles. The van der Waals surface area contributed by atoms with Crippen LogP contribution >= 0.6 is 23.6 Å². The van der Waals surface area contributed by atoms with Crippen LogP contribution in [0, 0.1) is 6.92 Å². The first-order chi connectivity index (χ1) is 9.90. The SMILES string of the molecule is COC(=O)c1cc(C)sc1NC(=S)N1C[C@@H](C)O[C@H](C)C1. The Morgan fingerprint density at radius 3 is 2.67 bits per heavy atom. The van der Waals surface area contributed by atoms with Crippen molar-refractivity contribution in [2.45, 2.75) is 33.0 Å². The van der Waals surface area contributed by atoms with Crippen LogP contribution in [-0.4, -0.2) is 48.4 Å². The molecule has 1 fully saturated rings. The molecule has 5 nitrogen and oxygen atoms in total. The molecule has 1 aromatic rings. The predicted molar refractivity (Wildman–Crippen MR) is 88.2 cm³/mol. The van der Waals surface area contributed by atoms with Crippen LogP contribution in [0.15, 0.2) is 6.07 Å². The molecule has 2 atom stereocenters. The summed E-state index contributed by atoms with van der Waals surface area (Å²) >= 11 is 6.96. The van der Waals surface area contributed by atoms with Crippen LogP contribution in [-0.2, 0) is 9.47 Å². The Balaban J connectivity index is 2.11. The second-order valence-electron chi connectivity index (χ2n) is 5.18. The molecule has 0 amide bonds. The fourth-order valence-electron chi connectivity index (χ4n) is 2.39. The molecule has 7 heteroatoms. The van der Waals surface area contributed by atoms with E-state index in [1.807, 2.05) is 26.8 Å². The summed E-state index contributed by atoms with van der Waals surface area (Å²) in [6.07, 6.45) is 0.275. The van der Waals surface area contributed by atoms with E-state index in [1.165, 1.54) is 18.4 Å². The van der Waals surface area contributed by atoms with Crippen molar-refractivity contribution in [2.24, 2.45) is 0 Å². The molecule has 0 bridgehead atoms. The Morgan fingerprint density at radius 2 is 2.10 bits per heavy atom. The van der Waals surface area contributed by atoms with Gasteiger partial charge in [0.25, 0.3) is 0 Å². The van der Waals surface area contributed by atoms with E-state index in [1.54, 1.807) is 0 Å². The molecule has 1 N–H and O–H groups in total. The first-order valence-electron chi connectivity index (χ1n) is 6.80. The lowest BCUT2D eigenvalue weighted by atomic mass is 10.2. The van der Waals surface area contributed by atoms with Gasteiger partial charge in [0.2, 0.25) is 0 Å². The minimum absolute atomic E-state index is 0.138. The van der Waals surface area contributed by atoms with Gasteiger partial charge in [0, 0.05) is 18.0 Å². The van der Waals surface area contributed by atoms with Gasteiger partial charge in [0.15, 0.2) is 5.11 Å². The molecule has 1 aliphatic heterocycles. The summed E-state index contributed by atoms with van der Waals surface area (Å²) in [4.78, 5) is 14.9. The van der Waals surface area contributed by atoms with Crippen molar-refractivity contribution in [2.75, 3.05) is 25.5 Å². The number of thiophene rings is 1. The van der Waals surface area contributed by atoms with Crippen molar-refractivity contribution in [1.82, 2.24) is 4.90 Å². The molecule has 1 aliphatic rings. The minimum Gasteiger partial charge on any atom is -0.465 e. The zero-order chi connectivity index (χ0) is 15.6. The fraction of sp³-hybridized carbons (Fsp3) is 0.571. The van der Waals surface area contributed by atoms with E-state index in [2.05, 4.69) is 10.2 Å². The van der Waals surface area contributed by atoms with E-state index in [4.69, 9.17) is 21.7 Å². The van der Waals surface area contributed by atoms with E-state index in [0.717, 1.165) is 23.0 Å². The predicted octanol–water partition coefficient (Wildman–Crippen LogP) is 2.65. The molecular formula is C14H20N2O3S2. The number of anilines is 1. The lowest BCUT2D eigenvalue weighted by Gasteiger charge is -2.36. The summed E-state index contributed by atoms with van der Waals surface area (Å²) in [6, 6.07) is 1.81. The number of nitrogens with one attached hydrogen (secondary N) is 1. The zero-order valence-electron chi connectivity index (χ0n) is 12.6. The van der Waals surface area contributed by atoms with E-state index in [0.29, 0.717) is 10.7 Å². The lowest BCUT2D eigenvalue weighted by Crippen LogP contribution is -2.49. The van der Waals surface area contributed by atoms with E-state index in [9.17, 15) is 4.79 Å². The van der Waals surface area contributed by atoms with Crippen molar-refractivity contribution in [3.63, 3.8) is 0 Å². The highest BCUT2D eigenvalue weighted by Gasteiger charge is 2.25. The largest absolute Gasteiger partial charge is 0.465 e. The molecule has 0 aromatic carbocycles. The number of nitrogens with zero attached hydrogens (tertiary/aromatic N) is 1. The van der Waals surface area contributed by atoms with Gasteiger partial charge in [-0.05, 0) is 39.1 Å². The normalized spacial score (nSPS) is 22.0. The molecule has 0 radical (unpaired) electrons. The number of ether oxygens (including phenoxy) is 2. The molecule has 2 rings (SSSR count). The van der Waals surface area contributed by atoms with E-state index >= 15 is 0 Å². The van der Waals surface area contributed by atoms with Gasteiger partial charge >= 0.3 is 5.97 Å². The second kappa shape index (κ2) is 6.72. The van der Waals surface area contributed by atoms with Crippen LogP contribution in [0.2, 0.25) is 0 Å². The molecule has 116 valence electrons. The Bertz CT molecular complexity index is 534. The number of morpholine rings is 1. The quantitative estimate of drug-likeness (QED) is 0.665. The molecule has 2 heterocycles. The zero-order valence-corrected chi connectivity index (χ0v) is 14.3. The van der Waals surface area contributed by atoms with Crippen LogP contribution < -0.4 is 5.32 Å². The number of carbonyl (C=O) groups is 1. The first-order valence-corrected chi connectivity index (χ1v) is 8.03. The van der Waals surface area contributed by atoms with Gasteiger partial charge in [-0.2, -0.15) is 0 Å². The third kappa shape index (κ3) is 3.93. The number of thiocarbonyl (C=S) groups is 1. The van der Waals surface area contributed by atoms with Crippen LogP contribution in [0.3, 0.4) is 0 Å². The van der Waals surface area contributed by atoms with Gasteiger partial charge in [0.1, 0.15) is 5.00 Å². The maximum absolute atomic E-state index is 11.8. The third-order valence-electron chi connectivity index (χ3n) is 3.19. The molecule has 21 heavy (non-hydrogen) atoms. The Kier molecular flexibility index (Phi) is 5.18. The maximum Gasteiger partial charge on any atom is 0.340 e. The van der Waals surface area contributed by atoms with Gasteiger partial charge in [-0.25, -0.2) is 4.79 Å². The van der Waals surface area contributed by atoms with Crippen molar-refractivity contribution in [3.05, 3.63) is 16.5 Å². The molecule has 1 aromatic heterocycles. The van der Waals surface area contributed by atoms with Crippen molar-refractivity contribution < 1.29 is 14.3 Å². The van der Waals surface area contributed by atoms with Crippen LogP contribution in [0.5, 0.6) is 0 Å². The van der Waals surface area contributed by atoms with Crippen LogP contribution in [0.4, 0.5) is 5.00 Å². The number of methoxy groups -OCH3 is 1. The third-order valence-corrected chi connectivity index (χ3v) is 4.51. The average Bonchev–Trinajstić information content (AvgIpc) is 2.77. The standard InChI is InChI=1S/C14H20N2O3S2/c1-8-6-16(7-9(2)19-8)14(20)15-12-11(13(17)18-4)5-10(3)21-12/h5,8-9H,6-7H2,1-4H3,(H,15,20)/t8-,9-/m1/s1. The Labute approximate surface area is 134 Å². The monoisotopic (exact) mass is 328 g/mol. The molecule has 0 spiro atoms. The van der Waals surface area contributed by atoms with Gasteiger partial charge in [-0.15, -0.1) is 11.3 Å². The number of carbonyl (C=O) groups excluding carboxylic acids is 1. The molecular weight excluding hydrogens is 308 g/mol. The van der Waals surface area contributed by atoms with Gasteiger partial charge < -0.3 is 19.7 Å².